The molecule has 1 unspecified atom stereocenters. The molecule has 0 spiro atoms. The molecule has 0 fully saturated rings. The highest BCUT2D eigenvalue weighted by molar-refractivity contribution is 5.37. The van der Waals surface area contributed by atoms with E-state index in [-0.39, 0.29) is 6.04 Å². The Morgan fingerprint density at radius 1 is 1.24 bits per heavy atom. The van der Waals surface area contributed by atoms with Crippen molar-refractivity contribution < 1.29 is 0 Å². The lowest BCUT2D eigenvalue weighted by atomic mass is 10.1. The summed E-state index contributed by atoms with van der Waals surface area (Å²) in [6.07, 6.45) is 13.1. The highest BCUT2D eigenvalue weighted by atomic mass is 14.9. The molecule has 1 N–H and O–H groups in total. The summed E-state index contributed by atoms with van der Waals surface area (Å²) in [4.78, 5) is 4.74. The molecule has 0 amide bonds. The maximum absolute atomic E-state index is 4.74. The predicted octanol–water partition coefficient (Wildman–Crippen LogP) is 1.54. The Bertz CT molecular complexity index is 608. The van der Waals surface area contributed by atoms with Crippen molar-refractivity contribution in [1.82, 2.24) is 10.3 Å². The molecule has 0 aromatic carbocycles. The fraction of sp³-hybridized carbons (Fsp3) is 0.267. The van der Waals surface area contributed by atoms with E-state index in [4.69, 9.17) is 4.98 Å². The molecular weight excluding hydrogens is 208 g/mol. The largest absolute Gasteiger partial charge is 0.377 e. The van der Waals surface area contributed by atoms with Gasteiger partial charge in [0.1, 0.15) is 0 Å². The molecule has 2 nitrogen and oxygen atoms in total. The van der Waals surface area contributed by atoms with Crippen LogP contribution >= 0.6 is 0 Å². The molecule has 3 rings (SSSR count). The van der Waals surface area contributed by atoms with Gasteiger partial charge in [-0.1, -0.05) is 30.4 Å². The van der Waals surface area contributed by atoms with E-state index < -0.39 is 0 Å². The summed E-state index contributed by atoms with van der Waals surface area (Å²) in [7, 11) is 0. The van der Waals surface area contributed by atoms with E-state index in [0.717, 1.165) is 23.9 Å². The van der Waals surface area contributed by atoms with Crippen LogP contribution in [-0.4, -0.2) is 4.98 Å². The molecule has 0 saturated carbocycles. The first kappa shape index (κ1) is 10.3. The van der Waals surface area contributed by atoms with Gasteiger partial charge in [-0.25, -0.2) is 0 Å². The summed E-state index contributed by atoms with van der Waals surface area (Å²) in [6, 6.07) is 4.51. The van der Waals surface area contributed by atoms with E-state index in [2.05, 4.69) is 54.8 Å². The average Bonchev–Trinajstić information content (AvgIpc) is 2.38. The fourth-order valence-electron chi connectivity index (χ4n) is 2.29. The zero-order valence-corrected chi connectivity index (χ0v) is 9.98. The number of allylic oxidation sites excluding steroid dienone is 3. The first-order chi connectivity index (χ1) is 8.33. The fourth-order valence-corrected chi connectivity index (χ4v) is 2.29. The Labute approximate surface area is 101 Å². The summed E-state index contributed by atoms with van der Waals surface area (Å²) in [5.74, 6) is 0. The zero-order valence-electron chi connectivity index (χ0n) is 9.98. The van der Waals surface area contributed by atoms with Gasteiger partial charge < -0.3 is 5.32 Å². The van der Waals surface area contributed by atoms with Crippen molar-refractivity contribution >= 4 is 12.2 Å². The molecule has 2 heteroatoms. The molecule has 86 valence electrons. The van der Waals surface area contributed by atoms with Gasteiger partial charge in [-0.3, -0.25) is 4.98 Å². The molecule has 0 saturated heterocycles. The van der Waals surface area contributed by atoms with Crippen molar-refractivity contribution in [2.75, 3.05) is 0 Å². The van der Waals surface area contributed by atoms with Gasteiger partial charge in [0, 0.05) is 5.70 Å². The molecule has 0 radical (unpaired) electrons. The van der Waals surface area contributed by atoms with E-state index in [9.17, 15) is 0 Å². The van der Waals surface area contributed by atoms with Crippen molar-refractivity contribution in [3.8, 4) is 0 Å². The molecule has 1 aromatic heterocycles. The summed E-state index contributed by atoms with van der Waals surface area (Å²) in [5, 5.41) is 5.83. The van der Waals surface area contributed by atoms with E-state index in [1.54, 1.807) is 0 Å². The monoisotopic (exact) mass is 224 g/mol. The molecule has 17 heavy (non-hydrogen) atoms. The maximum Gasteiger partial charge on any atom is 0.0870 e. The smallest absolute Gasteiger partial charge is 0.0870 e. The molecule has 1 aliphatic heterocycles. The predicted molar refractivity (Wildman–Crippen MR) is 70.4 cm³/mol. The minimum Gasteiger partial charge on any atom is -0.377 e. The van der Waals surface area contributed by atoms with Crippen molar-refractivity contribution in [3.05, 3.63) is 52.3 Å². The van der Waals surface area contributed by atoms with E-state index >= 15 is 0 Å². The maximum atomic E-state index is 4.74. The lowest BCUT2D eigenvalue weighted by molar-refractivity contribution is 0.680. The van der Waals surface area contributed by atoms with Crippen molar-refractivity contribution in [1.29, 1.82) is 0 Å². The van der Waals surface area contributed by atoms with Gasteiger partial charge in [-0.15, -0.1) is 0 Å². The Morgan fingerprint density at radius 2 is 2.12 bits per heavy atom. The van der Waals surface area contributed by atoms with Gasteiger partial charge in [0.2, 0.25) is 0 Å². The molecule has 1 aromatic rings. The zero-order chi connectivity index (χ0) is 11.7. The Morgan fingerprint density at radius 3 is 3.00 bits per heavy atom. The minimum absolute atomic E-state index is 0.209. The number of fused-ring (bicyclic) bond motifs is 1. The third-order valence-electron chi connectivity index (χ3n) is 3.20. The van der Waals surface area contributed by atoms with Gasteiger partial charge in [0.05, 0.1) is 17.1 Å². The number of rotatable bonds is 1. The van der Waals surface area contributed by atoms with Crippen LogP contribution in [0.5, 0.6) is 0 Å². The summed E-state index contributed by atoms with van der Waals surface area (Å²) < 4.78 is 0. The quantitative estimate of drug-likeness (QED) is 0.782. The molecule has 0 bridgehead atoms. The molecule has 1 atom stereocenters. The lowest BCUT2D eigenvalue weighted by Crippen LogP contribution is -2.33. The average molecular weight is 224 g/mol. The van der Waals surface area contributed by atoms with Crippen LogP contribution in [0.2, 0.25) is 0 Å². The summed E-state index contributed by atoms with van der Waals surface area (Å²) >= 11 is 0. The van der Waals surface area contributed by atoms with Crippen LogP contribution in [-0.2, 0) is 0 Å². The van der Waals surface area contributed by atoms with Crippen LogP contribution in [0.4, 0.5) is 0 Å². The normalized spacial score (nSPS) is 21.7. The van der Waals surface area contributed by atoms with Gasteiger partial charge in [0.15, 0.2) is 0 Å². The van der Waals surface area contributed by atoms with Crippen LogP contribution in [0.25, 0.3) is 12.2 Å². The molecule has 1 aliphatic carbocycles. The number of hydrogen-bond donors (Lipinski definition) is 1. The Kier molecular flexibility index (Phi) is 2.56. The van der Waals surface area contributed by atoms with Gasteiger partial charge in [-0.2, -0.15) is 0 Å². The number of dihydropyridines is 1. The Balaban J connectivity index is 2.01. The minimum atomic E-state index is 0.209. The van der Waals surface area contributed by atoms with Crippen molar-refractivity contribution in [2.24, 2.45) is 0 Å². The second-order valence-electron chi connectivity index (χ2n) is 4.55. The third kappa shape index (κ3) is 2.03. The number of hydrogen-bond acceptors (Lipinski definition) is 2. The number of aromatic nitrogens is 1. The van der Waals surface area contributed by atoms with E-state index in [1.165, 1.54) is 10.9 Å². The third-order valence-corrected chi connectivity index (χ3v) is 3.20. The van der Waals surface area contributed by atoms with Crippen molar-refractivity contribution in [3.63, 3.8) is 0 Å². The standard InChI is InChI=1S/C15H16N2/c1-11-5-4-8-14(16-11)15-10-9-12-6-2-3-7-13(12)17-15/h4-10,14,16H,2-3H2,1H3. The van der Waals surface area contributed by atoms with Gasteiger partial charge in [0.25, 0.3) is 0 Å². The van der Waals surface area contributed by atoms with E-state index in [1.807, 2.05) is 0 Å². The Hall–Kier alpha value is -1.83. The SMILES string of the molecule is CC1=CC=CC(c2ccc3c(n2)=CCCC=3)N1. The summed E-state index contributed by atoms with van der Waals surface area (Å²) in [6.45, 7) is 2.08. The first-order valence-corrected chi connectivity index (χ1v) is 6.12. The van der Waals surface area contributed by atoms with Crippen LogP contribution in [0, 0.1) is 0 Å². The first-order valence-electron chi connectivity index (χ1n) is 6.12. The number of nitrogens with one attached hydrogen (secondary N) is 1. The highest BCUT2D eigenvalue weighted by Gasteiger charge is 2.11. The van der Waals surface area contributed by atoms with Crippen molar-refractivity contribution in [2.45, 2.75) is 25.8 Å². The molecule has 2 aliphatic rings. The van der Waals surface area contributed by atoms with Gasteiger partial charge >= 0.3 is 0 Å². The number of nitrogens with zero attached hydrogens (tertiary/aromatic N) is 1. The van der Waals surface area contributed by atoms with E-state index in [0.29, 0.717) is 0 Å². The molecule has 2 heterocycles. The highest BCUT2D eigenvalue weighted by Crippen LogP contribution is 2.15. The second-order valence-corrected chi connectivity index (χ2v) is 4.55. The van der Waals surface area contributed by atoms with Crippen LogP contribution < -0.4 is 15.9 Å². The molecular formula is C15H16N2. The van der Waals surface area contributed by atoms with Crippen LogP contribution in [0.3, 0.4) is 0 Å². The van der Waals surface area contributed by atoms with Gasteiger partial charge in [-0.05, 0) is 37.1 Å². The second kappa shape index (κ2) is 4.21. The number of pyridine rings is 1. The van der Waals surface area contributed by atoms with Crippen LogP contribution in [0.15, 0.2) is 36.1 Å². The van der Waals surface area contributed by atoms with Crippen LogP contribution in [0.1, 0.15) is 31.5 Å². The summed E-state index contributed by atoms with van der Waals surface area (Å²) in [5.41, 5.74) is 2.28. The lowest BCUT2D eigenvalue weighted by Gasteiger charge is -2.19. The topological polar surface area (TPSA) is 24.9 Å².